The van der Waals surface area contributed by atoms with Crippen LogP contribution in [0.1, 0.15) is 6.42 Å². The number of ether oxygens (including phenoxy) is 2. The Morgan fingerprint density at radius 1 is 1.55 bits per heavy atom. The van der Waals surface area contributed by atoms with E-state index in [1.807, 2.05) is 6.07 Å². The molecule has 2 heterocycles. The number of aromatic nitrogens is 2. The molecule has 1 aliphatic heterocycles. The van der Waals surface area contributed by atoms with Gasteiger partial charge in [0.05, 0.1) is 35.9 Å². The molecule has 0 spiro atoms. The quantitative estimate of drug-likeness (QED) is 0.836. The Kier molecular flexibility index (Phi) is 4.32. The molecule has 1 aromatic heterocycles. The van der Waals surface area contributed by atoms with Gasteiger partial charge in [-0.2, -0.15) is 5.10 Å². The Morgan fingerprint density at radius 3 is 3.14 bits per heavy atom. The van der Waals surface area contributed by atoms with Crippen LogP contribution >= 0.6 is 0 Å². The Labute approximate surface area is 129 Å². The van der Waals surface area contributed by atoms with Gasteiger partial charge in [-0.15, -0.1) is 0 Å². The molecule has 8 heteroatoms. The Bertz CT molecular complexity index is 737. The van der Waals surface area contributed by atoms with E-state index in [2.05, 4.69) is 14.9 Å². The minimum atomic E-state index is -3.52. The van der Waals surface area contributed by atoms with Crippen LogP contribution in [0.25, 0.3) is 10.9 Å². The van der Waals surface area contributed by atoms with Gasteiger partial charge in [-0.1, -0.05) is 6.07 Å². The van der Waals surface area contributed by atoms with E-state index in [9.17, 15) is 8.42 Å². The highest BCUT2D eigenvalue weighted by molar-refractivity contribution is 7.92. The summed E-state index contributed by atoms with van der Waals surface area (Å²) >= 11 is 0. The van der Waals surface area contributed by atoms with Gasteiger partial charge < -0.3 is 9.47 Å². The molecule has 0 bridgehead atoms. The molecule has 22 heavy (non-hydrogen) atoms. The predicted octanol–water partition coefficient (Wildman–Crippen LogP) is 1.36. The normalized spacial score (nSPS) is 20.3. The van der Waals surface area contributed by atoms with Crippen molar-refractivity contribution < 1.29 is 17.9 Å². The Hall–Kier alpha value is -1.64. The number of hydrogen-bond donors (Lipinski definition) is 2. The van der Waals surface area contributed by atoms with Gasteiger partial charge in [0.15, 0.2) is 0 Å². The lowest BCUT2D eigenvalue weighted by Gasteiger charge is -2.21. The minimum Gasteiger partial charge on any atom is -0.381 e. The molecular formula is C14H19N3O4S. The van der Waals surface area contributed by atoms with Gasteiger partial charge >= 0.3 is 0 Å². The van der Waals surface area contributed by atoms with Crippen molar-refractivity contribution in [3.8, 4) is 0 Å². The van der Waals surface area contributed by atoms with Crippen molar-refractivity contribution in [2.75, 3.05) is 30.8 Å². The predicted molar refractivity (Wildman–Crippen MR) is 83.2 cm³/mol. The fourth-order valence-electron chi connectivity index (χ4n) is 2.73. The molecule has 0 radical (unpaired) electrons. The number of nitrogens with zero attached hydrogens (tertiary/aromatic N) is 1. The van der Waals surface area contributed by atoms with Gasteiger partial charge in [0.1, 0.15) is 0 Å². The summed E-state index contributed by atoms with van der Waals surface area (Å²) in [6.45, 7) is 1.21. The number of hydrogen-bond acceptors (Lipinski definition) is 5. The second kappa shape index (κ2) is 6.23. The van der Waals surface area contributed by atoms with E-state index in [4.69, 9.17) is 9.47 Å². The molecule has 1 aromatic carbocycles. The van der Waals surface area contributed by atoms with E-state index in [-0.39, 0.29) is 17.8 Å². The van der Waals surface area contributed by atoms with Crippen LogP contribution in [0, 0.1) is 5.92 Å². The molecule has 1 saturated heterocycles. The van der Waals surface area contributed by atoms with Crippen molar-refractivity contribution in [2.24, 2.45) is 5.92 Å². The molecule has 0 saturated carbocycles. The first-order valence-corrected chi connectivity index (χ1v) is 8.77. The number of benzene rings is 1. The topological polar surface area (TPSA) is 93.3 Å². The van der Waals surface area contributed by atoms with E-state index in [0.717, 1.165) is 17.3 Å². The summed E-state index contributed by atoms with van der Waals surface area (Å²) in [5, 5.41) is 7.49. The lowest BCUT2D eigenvalue weighted by atomic mass is 10.0. The molecule has 120 valence electrons. The molecule has 0 amide bonds. The fraction of sp³-hybridized carbons (Fsp3) is 0.500. The van der Waals surface area contributed by atoms with Gasteiger partial charge in [-0.05, 0) is 18.6 Å². The first kappa shape index (κ1) is 15.3. The zero-order valence-electron chi connectivity index (χ0n) is 12.3. The average molecular weight is 325 g/mol. The molecule has 7 nitrogen and oxygen atoms in total. The maximum Gasteiger partial charge on any atom is 0.235 e. The molecule has 2 N–H and O–H groups in total. The highest BCUT2D eigenvalue weighted by Gasteiger charge is 2.30. The summed E-state index contributed by atoms with van der Waals surface area (Å²) in [5.74, 6) is 0.0254. The summed E-state index contributed by atoms with van der Waals surface area (Å²) < 4.78 is 38.2. The van der Waals surface area contributed by atoms with Gasteiger partial charge in [-0.3, -0.25) is 9.82 Å². The number of aromatic amines is 1. The van der Waals surface area contributed by atoms with E-state index in [0.29, 0.717) is 18.9 Å². The van der Waals surface area contributed by atoms with Gasteiger partial charge in [0.2, 0.25) is 10.0 Å². The molecular weight excluding hydrogens is 306 g/mol. The van der Waals surface area contributed by atoms with Crippen LogP contribution < -0.4 is 4.72 Å². The SMILES string of the molecule is COC(CS(=O)(=O)Nc1cccc2[nH]ncc12)C1CCOC1. The van der Waals surface area contributed by atoms with Crippen LogP contribution in [0.2, 0.25) is 0 Å². The number of anilines is 1. The van der Waals surface area contributed by atoms with Crippen LogP contribution in [0.4, 0.5) is 5.69 Å². The summed E-state index contributed by atoms with van der Waals surface area (Å²) in [4.78, 5) is 0. The Balaban J connectivity index is 1.76. The van der Waals surface area contributed by atoms with Crippen molar-refractivity contribution in [2.45, 2.75) is 12.5 Å². The molecule has 2 unspecified atom stereocenters. The zero-order valence-corrected chi connectivity index (χ0v) is 13.1. The number of rotatable bonds is 6. The third-order valence-electron chi connectivity index (χ3n) is 3.93. The largest absolute Gasteiger partial charge is 0.381 e. The van der Waals surface area contributed by atoms with Crippen LogP contribution in [-0.4, -0.2) is 50.8 Å². The maximum atomic E-state index is 12.4. The second-order valence-electron chi connectivity index (χ2n) is 5.42. The summed E-state index contributed by atoms with van der Waals surface area (Å²) in [6.07, 6.45) is 2.06. The first-order chi connectivity index (χ1) is 10.6. The van der Waals surface area contributed by atoms with E-state index >= 15 is 0 Å². The lowest BCUT2D eigenvalue weighted by molar-refractivity contribution is 0.0612. The standard InChI is InChI=1S/C14H19N3O4S/c1-20-14(10-5-6-21-8-10)9-22(18,19)17-13-4-2-3-12-11(13)7-15-16-12/h2-4,7,10,14,17H,5-6,8-9H2,1H3,(H,15,16). The summed E-state index contributed by atoms with van der Waals surface area (Å²) in [7, 11) is -1.99. The number of nitrogens with one attached hydrogen (secondary N) is 2. The highest BCUT2D eigenvalue weighted by atomic mass is 32.2. The van der Waals surface area contributed by atoms with E-state index in [1.54, 1.807) is 18.3 Å². The average Bonchev–Trinajstić information content (AvgIpc) is 3.16. The van der Waals surface area contributed by atoms with E-state index < -0.39 is 10.0 Å². The molecule has 0 aliphatic carbocycles. The first-order valence-electron chi connectivity index (χ1n) is 7.12. The molecule has 3 rings (SSSR count). The highest BCUT2D eigenvalue weighted by Crippen LogP contribution is 2.24. The van der Waals surface area contributed by atoms with Crippen molar-refractivity contribution in [3.63, 3.8) is 0 Å². The van der Waals surface area contributed by atoms with E-state index in [1.165, 1.54) is 7.11 Å². The summed E-state index contributed by atoms with van der Waals surface area (Å²) in [5.41, 5.74) is 1.30. The number of sulfonamides is 1. The lowest BCUT2D eigenvalue weighted by Crippen LogP contribution is -2.33. The Morgan fingerprint density at radius 2 is 2.41 bits per heavy atom. The number of methoxy groups -OCH3 is 1. The van der Waals surface area contributed by atoms with Crippen LogP contribution in [-0.2, 0) is 19.5 Å². The molecule has 2 aromatic rings. The van der Waals surface area contributed by atoms with Crippen molar-refractivity contribution in [1.29, 1.82) is 0 Å². The van der Waals surface area contributed by atoms with Gasteiger partial charge in [0, 0.05) is 25.0 Å². The monoisotopic (exact) mass is 325 g/mol. The van der Waals surface area contributed by atoms with Crippen molar-refractivity contribution >= 4 is 26.6 Å². The van der Waals surface area contributed by atoms with Crippen LogP contribution in [0.3, 0.4) is 0 Å². The van der Waals surface area contributed by atoms with Gasteiger partial charge in [0.25, 0.3) is 0 Å². The molecule has 1 fully saturated rings. The maximum absolute atomic E-state index is 12.4. The third-order valence-corrected chi connectivity index (χ3v) is 5.23. The zero-order chi connectivity index (χ0) is 15.6. The summed E-state index contributed by atoms with van der Waals surface area (Å²) in [6, 6.07) is 5.33. The van der Waals surface area contributed by atoms with Crippen molar-refractivity contribution in [3.05, 3.63) is 24.4 Å². The van der Waals surface area contributed by atoms with Crippen LogP contribution in [0.5, 0.6) is 0 Å². The molecule has 1 aliphatic rings. The van der Waals surface area contributed by atoms with Crippen LogP contribution in [0.15, 0.2) is 24.4 Å². The second-order valence-corrected chi connectivity index (χ2v) is 7.19. The third kappa shape index (κ3) is 3.23. The fourth-order valence-corrected chi connectivity index (χ4v) is 4.16. The minimum absolute atomic E-state index is 0.0915. The molecule has 2 atom stereocenters. The van der Waals surface area contributed by atoms with Gasteiger partial charge in [-0.25, -0.2) is 8.42 Å². The smallest absolute Gasteiger partial charge is 0.235 e. The number of fused-ring (bicyclic) bond motifs is 1. The van der Waals surface area contributed by atoms with Crippen molar-refractivity contribution in [1.82, 2.24) is 10.2 Å². The number of H-pyrrole nitrogens is 1.